The van der Waals surface area contributed by atoms with Crippen molar-refractivity contribution in [2.45, 2.75) is 33.9 Å². The van der Waals surface area contributed by atoms with Crippen molar-refractivity contribution >= 4 is 32.4 Å². The summed E-state index contributed by atoms with van der Waals surface area (Å²) in [5.41, 5.74) is 6.24. The summed E-state index contributed by atoms with van der Waals surface area (Å²) in [7, 11) is 15.7. The maximum absolute atomic E-state index is 9.46. The van der Waals surface area contributed by atoms with Crippen molar-refractivity contribution in [2.75, 3.05) is 6.61 Å². The SMILES string of the molecule is C[C](C)=[Zr]([Cl])([Cl])([CH]1C=Cc2ccccc21)[CH]1C(CCCO)=Cc2ccccc21. The van der Waals surface area contributed by atoms with Crippen LogP contribution in [0.1, 0.15) is 56.2 Å². The third-order valence-electron chi connectivity index (χ3n) is 6.50. The zero-order chi connectivity index (χ0) is 20.0. The van der Waals surface area contributed by atoms with Crippen molar-refractivity contribution < 1.29 is 21.0 Å². The van der Waals surface area contributed by atoms with Crippen LogP contribution in [0.3, 0.4) is 0 Å². The Bertz CT molecular complexity index is 1050. The second-order valence-corrected chi connectivity index (χ2v) is 30.1. The number of allylic oxidation sites excluding steroid dienone is 2. The van der Waals surface area contributed by atoms with Gasteiger partial charge in [0, 0.05) is 0 Å². The van der Waals surface area contributed by atoms with Crippen molar-refractivity contribution in [3.8, 4) is 0 Å². The molecule has 0 radical (unpaired) electrons. The summed E-state index contributed by atoms with van der Waals surface area (Å²) < 4.78 is 1.28. The number of rotatable bonds is 5. The average molecular weight is 493 g/mol. The Hall–Kier alpha value is -0.787. The quantitative estimate of drug-likeness (QED) is 0.483. The number of aliphatic hydroxyl groups excluding tert-OH is 1. The molecule has 0 aromatic heterocycles. The van der Waals surface area contributed by atoms with Crippen LogP contribution in [0.15, 0.2) is 60.2 Å². The molecular formula is C24H26Cl2OZr. The molecular weight excluding hydrogens is 466 g/mol. The van der Waals surface area contributed by atoms with Gasteiger partial charge in [0.25, 0.3) is 0 Å². The Morgan fingerprint density at radius 1 is 0.964 bits per heavy atom. The standard InChI is InChI=1S/C12H13O.C9H7.C3H6.2ClH.Zr/c13-7-3-4-10-8-11-5-1-2-6-12(11)9-10;1-2-5-9-7-3-6-8(9)4-1;1-3-2;;;/h1-2,5-6,8-9,13H,3-4,7H2;1-7H;1-2H3;2*1H;/q;;;;;+2/p-2. The number of halogens is 2. The fourth-order valence-electron chi connectivity index (χ4n) is 5.00. The Labute approximate surface area is 175 Å². The van der Waals surface area contributed by atoms with E-state index in [-0.39, 0.29) is 13.9 Å². The minimum absolute atomic E-state index is 0.0401. The third-order valence-corrected chi connectivity index (χ3v) is 29.3. The molecule has 0 spiro atoms. The Kier molecular flexibility index (Phi) is 5.47. The van der Waals surface area contributed by atoms with E-state index in [1.807, 2.05) is 0 Å². The summed E-state index contributed by atoms with van der Waals surface area (Å²) in [6.07, 6.45) is 8.24. The van der Waals surface area contributed by atoms with Gasteiger partial charge in [0.15, 0.2) is 0 Å². The number of hydrogen-bond acceptors (Lipinski definition) is 1. The van der Waals surface area contributed by atoms with E-state index < -0.39 is 15.9 Å². The van der Waals surface area contributed by atoms with Crippen LogP contribution in [-0.4, -0.2) is 14.9 Å². The van der Waals surface area contributed by atoms with Crippen molar-refractivity contribution in [1.82, 2.24) is 0 Å². The Morgan fingerprint density at radius 2 is 1.61 bits per heavy atom. The van der Waals surface area contributed by atoms with Gasteiger partial charge < -0.3 is 0 Å². The fourth-order valence-corrected chi connectivity index (χ4v) is 21.6. The molecule has 4 heteroatoms. The van der Waals surface area contributed by atoms with Crippen LogP contribution in [-0.2, 0) is 15.9 Å². The normalized spacial score (nSPS) is 20.7. The molecule has 0 heterocycles. The molecule has 2 aromatic carbocycles. The number of fused-ring (bicyclic) bond motifs is 2. The summed E-state index contributed by atoms with van der Waals surface area (Å²) >= 11 is -4.62. The molecule has 2 aromatic rings. The van der Waals surface area contributed by atoms with Gasteiger partial charge in [-0.3, -0.25) is 0 Å². The minimum atomic E-state index is -4.62. The molecule has 0 amide bonds. The van der Waals surface area contributed by atoms with E-state index in [0.29, 0.717) is 0 Å². The van der Waals surface area contributed by atoms with E-state index >= 15 is 0 Å². The molecule has 1 nitrogen and oxygen atoms in total. The second kappa shape index (κ2) is 7.48. The Balaban J connectivity index is 1.96. The Morgan fingerprint density at radius 3 is 2.29 bits per heavy atom. The topological polar surface area (TPSA) is 20.2 Å². The molecule has 2 aliphatic carbocycles. The molecule has 2 unspecified atom stereocenters. The van der Waals surface area contributed by atoms with Gasteiger partial charge in [0.05, 0.1) is 0 Å². The first-order chi connectivity index (χ1) is 13.4. The predicted octanol–water partition coefficient (Wildman–Crippen LogP) is 6.87. The molecule has 0 aliphatic heterocycles. The summed E-state index contributed by atoms with van der Waals surface area (Å²) in [5, 5.41) is 9.46. The van der Waals surface area contributed by atoms with Gasteiger partial charge in [-0.1, -0.05) is 0 Å². The molecule has 4 rings (SSSR count). The molecule has 0 fully saturated rings. The van der Waals surface area contributed by atoms with Crippen LogP contribution in [0, 0.1) is 0 Å². The van der Waals surface area contributed by atoms with Crippen molar-refractivity contribution in [3.05, 3.63) is 82.4 Å². The van der Waals surface area contributed by atoms with Crippen LogP contribution in [0.25, 0.3) is 12.2 Å². The first-order valence-corrected chi connectivity index (χ1v) is 20.3. The molecule has 0 saturated heterocycles. The van der Waals surface area contributed by atoms with E-state index in [1.165, 1.54) is 31.0 Å². The number of benzene rings is 2. The van der Waals surface area contributed by atoms with Crippen LogP contribution in [0.2, 0.25) is 0 Å². The molecule has 2 aliphatic rings. The van der Waals surface area contributed by atoms with Gasteiger partial charge in [0.2, 0.25) is 0 Å². The van der Waals surface area contributed by atoms with E-state index in [1.54, 1.807) is 0 Å². The second-order valence-electron chi connectivity index (χ2n) is 8.23. The van der Waals surface area contributed by atoms with Gasteiger partial charge >= 0.3 is 176 Å². The molecule has 146 valence electrons. The van der Waals surface area contributed by atoms with Crippen LogP contribution >= 0.6 is 17.0 Å². The van der Waals surface area contributed by atoms with Crippen LogP contribution in [0.4, 0.5) is 0 Å². The van der Waals surface area contributed by atoms with Gasteiger partial charge in [-0.25, -0.2) is 0 Å². The van der Waals surface area contributed by atoms with Crippen LogP contribution < -0.4 is 0 Å². The summed E-state index contributed by atoms with van der Waals surface area (Å²) in [5.74, 6) is 0. The fraction of sp³-hybridized carbons (Fsp3) is 0.292. The van der Waals surface area contributed by atoms with E-state index in [2.05, 4.69) is 80.6 Å². The molecule has 2 atom stereocenters. The van der Waals surface area contributed by atoms with Crippen molar-refractivity contribution in [1.29, 1.82) is 0 Å². The first-order valence-electron chi connectivity index (χ1n) is 9.93. The molecule has 1 N–H and O–H groups in total. The summed E-state index contributed by atoms with van der Waals surface area (Å²) in [4.78, 5) is 0. The van der Waals surface area contributed by atoms with Gasteiger partial charge in [0.1, 0.15) is 0 Å². The first kappa shape index (κ1) is 20.5. The molecule has 0 saturated carbocycles. The molecule has 0 bridgehead atoms. The number of hydrogen-bond donors (Lipinski definition) is 1. The monoisotopic (exact) mass is 490 g/mol. The van der Waals surface area contributed by atoms with Gasteiger partial charge in [-0.2, -0.15) is 0 Å². The van der Waals surface area contributed by atoms with Gasteiger partial charge in [-0.15, -0.1) is 0 Å². The van der Waals surface area contributed by atoms with E-state index in [0.717, 1.165) is 12.8 Å². The summed E-state index contributed by atoms with van der Waals surface area (Å²) in [6.45, 7) is 4.44. The average Bonchev–Trinajstić information content (AvgIpc) is 3.28. The zero-order valence-electron chi connectivity index (χ0n) is 16.3. The van der Waals surface area contributed by atoms with Crippen molar-refractivity contribution in [3.63, 3.8) is 0 Å². The van der Waals surface area contributed by atoms with E-state index in [9.17, 15) is 5.11 Å². The van der Waals surface area contributed by atoms with Crippen molar-refractivity contribution in [2.24, 2.45) is 0 Å². The summed E-state index contributed by atoms with van der Waals surface area (Å²) in [6, 6.07) is 17.0. The van der Waals surface area contributed by atoms with E-state index in [4.69, 9.17) is 17.0 Å². The maximum atomic E-state index is 9.46. The number of aliphatic hydroxyl groups is 1. The van der Waals surface area contributed by atoms with Gasteiger partial charge in [-0.05, 0) is 0 Å². The third kappa shape index (κ3) is 3.00. The predicted molar refractivity (Wildman–Crippen MR) is 120 cm³/mol. The zero-order valence-corrected chi connectivity index (χ0v) is 20.3. The molecule has 28 heavy (non-hydrogen) atoms. The van der Waals surface area contributed by atoms with Crippen LogP contribution in [0.5, 0.6) is 0 Å².